The van der Waals surface area contributed by atoms with Gasteiger partial charge >= 0.3 is 29.6 Å². The van der Waals surface area contributed by atoms with Gasteiger partial charge in [-0.1, -0.05) is 0 Å². The molecule has 2 rings (SSSR count). The second-order valence-corrected chi connectivity index (χ2v) is 9.40. The first-order valence-electron chi connectivity index (χ1n) is 12.6. The van der Waals surface area contributed by atoms with Gasteiger partial charge in [0.05, 0.1) is 18.5 Å². The van der Waals surface area contributed by atoms with Crippen molar-refractivity contribution in [3.05, 3.63) is 44.3 Å². The lowest BCUT2D eigenvalue weighted by molar-refractivity contribution is -0.392. The maximum absolute atomic E-state index is 12.7. The molecular weight excluding hydrogens is 564 g/mol. The van der Waals surface area contributed by atoms with Crippen LogP contribution >= 0.6 is 0 Å². The van der Waals surface area contributed by atoms with Gasteiger partial charge in [-0.15, -0.1) is 0 Å². The number of rotatable bonds is 16. The Morgan fingerprint density at radius 2 is 1.26 bits per heavy atom. The number of imidazole rings is 2. The minimum Gasteiger partial charge on any atom is -0.481 e. The zero-order valence-corrected chi connectivity index (χ0v) is 22.8. The number of urea groups is 1. The molecular formula is C23H30N8O11. The highest BCUT2D eigenvalue weighted by Gasteiger charge is 2.41. The van der Waals surface area contributed by atoms with Gasteiger partial charge in [-0.3, -0.25) is 29.8 Å². The summed E-state index contributed by atoms with van der Waals surface area (Å²) in [6.07, 6.45) is 0.0278. The average Bonchev–Trinajstić information content (AvgIpc) is 3.45. The number of amides is 4. The predicted octanol–water partition coefficient (Wildman–Crippen LogP) is 1.45. The molecule has 0 aliphatic carbocycles. The lowest BCUT2D eigenvalue weighted by Crippen LogP contribution is -2.43. The van der Waals surface area contributed by atoms with E-state index in [9.17, 15) is 49.3 Å². The van der Waals surface area contributed by atoms with Crippen LogP contribution in [0.2, 0.25) is 0 Å². The van der Waals surface area contributed by atoms with E-state index in [-0.39, 0.29) is 74.9 Å². The molecule has 2 heterocycles. The van der Waals surface area contributed by atoms with Crippen LogP contribution in [0.15, 0.2) is 12.4 Å². The van der Waals surface area contributed by atoms with Crippen molar-refractivity contribution in [1.29, 1.82) is 0 Å². The number of imide groups is 2. The van der Waals surface area contributed by atoms with Gasteiger partial charge < -0.3 is 30.4 Å². The largest absolute Gasteiger partial charge is 0.481 e. The first-order chi connectivity index (χ1) is 19.7. The third-order valence-corrected chi connectivity index (χ3v) is 6.65. The Kier molecular flexibility index (Phi) is 11.3. The Bertz CT molecular complexity index is 1320. The van der Waals surface area contributed by atoms with Gasteiger partial charge in [-0.05, 0) is 22.7 Å². The molecule has 0 aliphatic rings. The van der Waals surface area contributed by atoms with Crippen LogP contribution in [-0.2, 0) is 32.3 Å². The van der Waals surface area contributed by atoms with Gasteiger partial charge in [-0.25, -0.2) is 23.9 Å². The molecule has 0 spiro atoms. The summed E-state index contributed by atoms with van der Waals surface area (Å²) in [5.41, 5.74) is -1.75. The van der Waals surface area contributed by atoms with Crippen molar-refractivity contribution >= 4 is 41.4 Å². The van der Waals surface area contributed by atoms with Crippen LogP contribution in [0.5, 0.6) is 0 Å². The summed E-state index contributed by atoms with van der Waals surface area (Å²) in [6.45, 7) is 2.60. The number of aromatic nitrogens is 4. The minimum absolute atomic E-state index is 0.0351. The van der Waals surface area contributed by atoms with E-state index in [1.54, 1.807) is 0 Å². The number of carbonyl (C=O) groups excluding carboxylic acids is 3. The molecule has 42 heavy (non-hydrogen) atoms. The molecule has 0 radical (unpaired) electrons. The van der Waals surface area contributed by atoms with E-state index in [4.69, 9.17) is 5.11 Å². The minimum atomic E-state index is -1.75. The van der Waals surface area contributed by atoms with Gasteiger partial charge in [-0.2, -0.15) is 0 Å². The molecule has 228 valence electrons. The summed E-state index contributed by atoms with van der Waals surface area (Å²) < 4.78 is 2.40. The Labute approximate surface area is 237 Å². The molecule has 0 aromatic carbocycles. The van der Waals surface area contributed by atoms with Gasteiger partial charge in [0.15, 0.2) is 11.6 Å². The molecule has 0 saturated carbocycles. The highest BCUT2D eigenvalue weighted by atomic mass is 16.6. The number of nitro groups is 2. The molecule has 4 amide bonds. The van der Waals surface area contributed by atoms with E-state index in [1.807, 2.05) is 10.6 Å². The Balaban J connectivity index is 2.21. The molecule has 19 nitrogen and oxygen atoms in total. The van der Waals surface area contributed by atoms with E-state index >= 15 is 0 Å². The average molecular weight is 595 g/mol. The van der Waals surface area contributed by atoms with E-state index in [0.717, 1.165) is 12.4 Å². The SMILES string of the molecule is Cc1ncc([N+](=O)[O-])n1CCC(CCC(=O)NC(=O)NC(=O)CCCC(=O)O)(CCn1c([N+](=O)[O-])cnc1C)C(=O)O. The number of hydrogen-bond donors (Lipinski definition) is 4. The summed E-state index contributed by atoms with van der Waals surface area (Å²) in [6, 6.07) is -1.18. The summed E-state index contributed by atoms with van der Waals surface area (Å²) in [5, 5.41) is 45.5. The van der Waals surface area contributed by atoms with Gasteiger partial charge in [0, 0.05) is 46.0 Å². The van der Waals surface area contributed by atoms with Crippen LogP contribution < -0.4 is 10.6 Å². The van der Waals surface area contributed by atoms with E-state index in [2.05, 4.69) is 9.97 Å². The number of carbonyl (C=O) groups is 5. The van der Waals surface area contributed by atoms with E-state index in [1.165, 1.54) is 23.0 Å². The Morgan fingerprint density at radius 3 is 1.67 bits per heavy atom. The first kappa shape index (κ1) is 33.0. The molecule has 0 fully saturated rings. The molecule has 0 aliphatic heterocycles. The second kappa shape index (κ2) is 14.4. The summed E-state index contributed by atoms with van der Waals surface area (Å²) in [4.78, 5) is 88.7. The van der Waals surface area contributed by atoms with Crippen molar-refractivity contribution < 1.29 is 44.0 Å². The zero-order chi connectivity index (χ0) is 31.6. The second-order valence-electron chi connectivity index (χ2n) is 9.40. The summed E-state index contributed by atoms with van der Waals surface area (Å²) >= 11 is 0. The van der Waals surface area contributed by atoms with Gasteiger partial charge in [0.25, 0.3) is 0 Å². The smallest absolute Gasteiger partial charge is 0.342 e. The van der Waals surface area contributed by atoms with Crippen LogP contribution in [0.25, 0.3) is 0 Å². The van der Waals surface area contributed by atoms with Crippen LogP contribution in [0, 0.1) is 39.5 Å². The van der Waals surface area contributed by atoms with Gasteiger partial charge in [0.2, 0.25) is 11.8 Å². The molecule has 0 atom stereocenters. The standard InChI is InChI=1S/C23H30N8O11/c1-14-24-12-18(30(39)40)28(14)10-8-23(21(36)37,9-11-29-15(2)25-13-19(29)31(41)42)7-6-17(33)27-22(38)26-16(32)4-3-5-20(34)35/h12-13H,3-11H2,1-2H3,(H,34,35)(H,36,37)(H2,26,27,32,33,38). The highest BCUT2D eigenvalue weighted by molar-refractivity contribution is 6.02. The topological polar surface area (TPSA) is 272 Å². The normalized spacial score (nSPS) is 11.1. The number of aryl methyl sites for hydroxylation is 2. The first-order valence-corrected chi connectivity index (χ1v) is 12.6. The van der Waals surface area contributed by atoms with Crippen molar-refractivity contribution in [2.24, 2.45) is 5.41 Å². The lowest BCUT2D eigenvalue weighted by Gasteiger charge is -2.28. The molecule has 0 saturated heterocycles. The third-order valence-electron chi connectivity index (χ3n) is 6.65. The zero-order valence-electron chi connectivity index (χ0n) is 22.8. The Hall–Kier alpha value is -5.23. The molecule has 0 bridgehead atoms. The monoisotopic (exact) mass is 594 g/mol. The van der Waals surface area contributed by atoms with Crippen molar-refractivity contribution in [3.63, 3.8) is 0 Å². The molecule has 4 N–H and O–H groups in total. The lowest BCUT2D eigenvalue weighted by atomic mass is 9.76. The predicted molar refractivity (Wildman–Crippen MR) is 139 cm³/mol. The number of carboxylic acid groups (broad SMARTS) is 2. The third kappa shape index (κ3) is 8.89. The number of aliphatic carboxylic acids is 2. The fourth-order valence-corrected chi connectivity index (χ4v) is 4.27. The number of nitrogens with one attached hydrogen (secondary N) is 2. The van der Waals surface area contributed by atoms with Crippen LogP contribution in [0.3, 0.4) is 0 Å². The highest BCUT2D eigenvalue weighted by Crippen LogP contribution is 2.36. The number of nitrogens with zero attached hydrogens (tertiary/aromatic N) is 6. The van der Waals surface area contributed by atoms with Gasteiger partial charge in [0.1, 0.15) is 12.4 Å². The quantitative estimate of drug-likeness (QED) is 0.158. The van der Waals surface area contributed by atoms with Crippen LogP contribution in [0.4, 0.5) is 16.4 Å². The molecule has 2 aromatic heterocycles. The summed E-state index contributed by atoms with van der Waals surface area (Å²) in [5.74, 6) is -4.55. The molecule has 19 heteroatoms. The van der Waals surface area contributed by atoms with Crippen LogP contribution in [0.1, 0.15) is 56.6 Å². The van der Waals surface area contributed by atoms with Crippen LogP contribution in [-0.4, -0.2) is 68.9 Å². The fourth-order valence-electron chi connectivity index (χ4n) is 4.27. The molecule has 0 unspecified atom stereocenters. The van der Waals surface area contributed by atoms with E-state index in [0.29, 0.717) is 0 Å². The van der Waals surface area contributed by atoms with E-state index < -0.39 is 51.5 Å². The van der Waals surface area contributed by atoms with Crippen molar-refractivity contribution in [2.45, 2.75) is 71.9 Å². The molecule has 2 aromatic rings. The van der Waals surface area contributed by atoms with Crippen molar-refractivity contribution in [1.82, 2.24) is 29.7 Å². The number of carboxylic acids is 2. The fraction of sp³-hybridized carbons (Fsp3) is 0.522. The van der Waals surface area contributed by atoms with Crippen molar-refractivity contribution in [2.75, 3.05) is 0 Å². The number of hydrogen-bond acceptors (Lipinski definition) is 11. The van der Waals surface area contributed by atoms with Crippen molar-refractivity contribution in [3.8, 4) is 0 Å². The maximum atomic E-state index is 12.7. The summed E-state index contributed by atoms with van der Waals surface area (Å²) in [7, 11) is 0. The maximum Gasteiger partial charge on any atom is 0.342 e. The Morgan fingerprint density at radius 1 is 0.810 bits per heavy atom.